The highest BCUT2D eigenvalue weighted by Gasteiger charge is 2.14. The van der Waals surface area contributed by atoms with Crippen molar-refractivity contribution in [3.63, 3.8) is 0 Å². The van der Waals surface area contributed by atoms with Gasteiger partial charge in [0.2, 0.25) is 0 Å². The topological polar surface area (TPSA) is 63.8 Å². The molecule has 20 heavy (non-hydrogen) atoms. The standard InChI is InChI=1S/C13H12ClFN4S/c1-6-7(2)18-19-13(11(6)12(16)20)17-8-3-4-9(14)10(15)5-8/h3-5H,1-2H3,(H2,16,20)(H,17,19). The monoisotopic (exact) mass is 310 g/mol. The van der Waals surface area contributed by atoms with Crippen molar-refractivity contribution in [3.05, 3.63) is 45.9 Å². The molecule has 0 fully saturated rings. The Hall–Kier alpha value is -1.79. The van der Waals surface area contributed by atoms with Gasteiger partial charge in [0.05, 0.1) is 16.3 Å². The van der Waals surface area contributed by atoms with E-state index in [-0.39, 0.29) is 10.0 Å². The summed E-state index contributed by atoms with van der Waals surface area (Å²) < 4.78 is 13.4. The summed E-state index contributed by atoms with van der Waals surface area (Å²) in [7, 11) is 0. The Morgan fingerprint density at radius 2 is 2.05 bits per heavy atom. The Bertz CT molecular complexity index is 690. The van der Waals surface area contributed by atoms with Gasteiger partial charge >= 0.3 is 0 Å². The number of aromatic nitrogens is 2. The smallest absolute Gasteiger partial charge is 0.163 e. The van der Waals surface area contributed by atoms with Crippen molar-refractivity contribution in [1.82, 2.24) is 10.2 Å². The summed E-state index contributed by atoms with van der Waals surface area (Å²) in [6.07, 6.45) is 0. The van der Waals surface area contributed by atoms with Crippen LogP contribution in [0.3, 0.4) is 0 Å². The number of hydrogen-bond acceptors (Lipinski definition) is 4. The van der Waals surface area contributed by atoms with Gasteiger partial charge in [0.1, 0.15) is 10.8 Å². The highest BCUT2D eigenvalue weighted by Crippen LogP contribution is 2.24. The Labute approximate surface area is 126 Å². The number of hydrogen-bond donors (Lipinski definition) is 2. The number of anilines is 2. The van der Waals surface area contributed by atoms with Crippen LogP contribution in [0.25, 0.3) is 0 Å². The van der Waals surface area contributed by atoms with E-state index < -0.39 is 5.82 Å². The molecule has 4 nitrogen and oxygen atoms in total. The van der Waals surface area contributed by atoms with Crippen molar-refractivity contribution in [1.29, 1.82) is 0 Å². The first-order valence-electron chi connectivity index (χ1n) is 5.76. The lowest BCUT2D eigenvalue weighted by Crippen LogP contribution is -2.16. The van der Waals surface area contributed by atoms with E-state index in [4.69, 9.17) is 29.6 Å². The van der Waals surface area contributed by atoms with Crippen LogP contribution in [0.4, 0.5) is 15.9 Å². The molecule has 0 aliphatic carbocycles. The molecule has 104 valence electrons. The van der Waals surface area contributed by atoms with Crippen LogP contribution >= 0.6 is 23.8 Å². The van der Waals surface area contributed by atoms with Gasteiger partial charge in [-0.05, 0) is 37.6 Å². The molecule has 2 aromatic rings. The molecule has 0 saturated carbocycles. The zero-order chi connectivity index (χ0) is 14.9. The molecular weight excluding hydrogens is 299 g/mol. The first kappa shape index (κ1) is 14.6. The Morgan fingerprint density at radius 3 is 2.65 bits per heavy atom. The number of rotatable bonds is 3. The second kappa shape index (κ2) is 5.68. The number of nitrogens with zero attached hydrogens (tertiary/aromatic N) is 2. The fraction of sp³-hybridized carbons (Fsp3) is 0.154. The van der Waals surface area contributed by atoms with Crippen molar-refractivity contribution in [2.24, 2.45) is 5.73 Å². The average Bonchev–Trinajstić information content (AvgIpc) is 2.38. The van der Waals surface area contributed by atoms with Crippen LogP contribution in [0.1, 0.15) is 16.8 Å². The largest absolute Gasteiger partial charge is 0.389 e. The van der Waals surface area contributed by atoms with E-state index in [0.29, 0.717) is 17.1 Å². The molecule has 0 atom stereocenters. The highest BCUT2D eigenvalue weighted by molar-refractivity contribution is 7.80. The van der Waals surface area contributed by atoms with Gasteiger partial charge in [-0.3, -0.25) is 0 Å². The first-order valence-corrected chi connectivity index (χ1v) is 6.54. The van der Waals surface area contributed by atoms with Crippen LogP contribution in [0.5, 0.6) is 0 Å². The van der Waals surface area contributed by atoms with Crippen molar-refractivity contribution >= 4 is 40.3 Å². The van der Waals surface area contributed by atoms with Gasteiger partial charge in [-0.1, -0.05) is 23.8 Å². The molecular formula is C13H12ClFN4S. The Balaban J connectivity index is 2.45. The van der Waals surface area contributed by atoms with E-state index in [1.807, 2.05) is 13.8 Å². The summed E-state index contributed by atoms with van der Waals surface area (Å²) in [5, 5.41) is 11.0. The summed E-state index contributed by atoms with van der Waals surface area (Å²) in [6.45, 7) is 3.67. The maximum absolute atomic E-state index is 13.4. The minimum Gasteiger partial charge on any atom is -0.389 e. The molecule has 7 heteroatoms. The van der Waals surface area contributed by atoms with Gasteiger partial charge in [0.25, 0.3) is 0 Å². The zero-order valence-electron chi connectivity index (χ0n) is 10.9. The summed E-state index contributed by atoms with van der Waals surface area (Å²) in [5.41, 5.74) is 8.38. The predicted molar refractivity (Wildman–Crippen MR) is 82.1 cm³/mol. The number of aryl methyl sites for hydroxylation is 1. The summed E-state index contributed by atoms with van der Waals surface area (Å²) in [4.78, 5) is 0.206. The lowest BCUT2D eigenvalue weighted by molar-refractivity contribution is 0.629. The molecule has 0 bridgehead atoms. The molecule has 0 aliphatic rings. The Morgan fingerprint density at radius 1 is 1.35 bits per heavy atom. The molecule has 1 heterocycles. The van der Waals surface area contributed by atoms with Gasteiger partial charge in [-0.2, -0.15) is 5.10 Å². The maximum Gasteiger partial charge on any atom is 0.163 e. The van der Waals surface area contributed by atoms with E-state index in [9.17, 15) is 4.39 Å². The first-order chi connectivity index (χ1) is 9.40. The number of nitrogens with two attached hydrogens (primary N) is 1. The van der Waals surface area contributed by atoms with Crippen LogP contribution in [0.2, 0.25) is 5.02 Å². The van der Waals surface area contributed by atoms with Crippen molar-refractivity contribution in [2.75, 3.05) is 5.32 Å². The fourth-order valence-electron chi connectivity index (χ4n) is 1.71. The third-order valence-electron chi connectivity index (χ3n) is 2.88. The lowest BCUT2D eigenvalue weighted by atomic mass is 10.1. The van der Waals surface area contributed by atoms with Crippen molar-refractivity contribution in [3.8, 4) is 0 Å². The molecule has 1 aromatic carbocycles. The van der Waals surface area contributed by atoms with Gasteiger partial charge < -0.3 is 11.1 Å². The van der Waals surface area contributed by atoms with Crippen LogP contribution in [-0.4, -0.2) is 15.2 Å². The third kappa shape index (κ3) is 2.86. The lowest BCUT2D eigenvalue weighted by Gasteiger charge is -2.13. The van der Waals surface area contributed by atoms with Crippen LogP contribution in [0.15, 0.2) is 18.2 Å². The predicted octanol–water partition coefficient (Wildman–Crippen LogP) is 3.26. The zero-order valence-corrected chi connectivity index (χ0v) is 12.4. The van der Waals surface area contributed by atoms with E-state index in [2.05, 4.69) is 15.5 Å². The minimum absolute atomic E-state index is 0.0521. The van der Waals surface area contributed by atoms with Crippen LogP contribution < -0.4 is 11.1 Å². The SMILES string of the molecule is Cc1nnc(Nc2ccc(Cl)c(F)c2)c(C(N)=S)c1C. The molecule has 0 radical (unpaired) electrons. The number of halogens is 2. The van der Waals surface area contributed by atoms with E-state index >= 15 is 0 Å². The van der Waals surface area contributed by atoms with E-state index in [1.54, 1.807) is 6.07 Å². The molecule has 0 aliphatic heterocycles. The molecule has 0 saturated heterocycles. The molecule has 0 amide bonds. The molecule has 0 unspecified atom stereocenters. The van der Waals surface area contributed by atoms with Gasteiger partial charge in [-0.15, -0.1) is 5.10 Å². The van der Waals surface area contributed by atoms with E-state index in [0.717, 1.165) is 11.3 Å². The molecule has 0 spiro atoms. The Kier molecular flexibility index (Phi) is 4.15. The maximum atomic E-state index is 13.4. The van der Waals surface area contributed by atoms with Gasteiger partial charge in [0.15, 0.2) is 5.82 Å². The summed E-state index contributed by atoms with van der Waals surface area (Å²) in [5.74, 6) is -0.132. The fourth-order valence-corrected chi connectivity index (χ4v) is 2.08. The van der Waals surface area contributed by atoms with Crippen molar-refractivity contribution < 1.29 is 4.39 Å². The highest BCUT2D eigenvalue weighted by atomic mass is 35.5. The van der Waals surface area contributed by atoms with Gasteiger partial charge in [0, 0.05) is 5.69 Å². The second-order valence-electron chi connectivity index (χ2n) is 4.25. The normalized spacial score (nSPS) is 10.4. The minimum atomic E-state index is -0.523. The summed E-state index contributed by atoms with van der Waals surface area (Å²) in [6, 6.07) is 4.35. The quantitative estimate of drug-likeness (QED) is 0.852. The van der Waals surface area contributed by atoms with Crippen LogP contribution in [-0.2, 0) is 0 Å². The molecule has 3 N–H and O–H groups in total. The number of benzene rings is 1. The molecule has 2 rings (SSSR count). The second-order valence-corrected chi connectivity index (χ2v) is 5.10. The van der Waals surface area contributed by atoms with Gasteiger partial charge in [-0.25, -0.2) is 4.39 Å². The number of thiocarbonyl (C=S) groups is 1. The third-order valence-corrected chi connectivity index (χ3v) is 3.39. The molecule has 1 aromatic heterocycles. The van der Waals surface area contributed by atoms with E-state index in [1.165, 1.54) is 12.1 Å². The number of nitrogens with one attached hydrogen (secondary N) is 1. The summed E-state index contributed by atoms with van der Waals surface area (Å²) >= 11 is 10.7. The average molecular weight is 311 g/mol. The van der Waals surface area contributed by atoms with Crippen molar-refractivity contribution in [2.45, 2.75) is 13.8 Å². The van der Waals surface area contributed by atoms with Crippen LogP contribution in [0, 0.1) is 19.7 Å².